The largest absolute Gasteiger partial charge is 0.362 e. The molecule has 0 heterocycles. The zero-order chi connectivity index (χ0) is 18.0. The van der Waals surface area contributed by atoms with Crippen LogP contribution >= 0.6 is 0 Å². The Morgan fingerprint density at radius 1 is 0.808 bits per heavy atom. The van der Waals surface area contributed by atoms with E-state index in [0.717, 1.165) is 5.56 Å². The minimum Gasteiger partial charge on any atom is -0.362 e. The maximum Gasteiger partial charge on any atom is 0.193 e. The summed E-state index contributed by atoms with van der Waals surface area (Å²) in [5, 5.41) is 21.3. The summed E-state index contributed by atoms with van der Waals surface area (Å²) in [6.45, 7) is 0. The van der Waals surface area contributed by atoms with Crippen molar-refractivity contribution in [3.05, 3.63) is 53.1 Å². The smallest absolute Gasteiger partial charge is 0.193 e. The molecular weight excluding hydrogens is 320 g/mol. The van der Waals surface area contributed by atoms with Gasteiger partial charge in [-0.15, -0.1) is 0 Å². The van der Waals surface area contributed by atoms with E-state index in [2.05, 4.69) is 30.4 Å². The van der Waals surface area contributed by atoms with Gasteiger partial charge in [-0.3, -0.25) is 0 Å². The molecule has 2 nitrogen and oxygen atoms in total. The summed E-state index contributed by atoms with van der Waals surface area (Å²) in [5.74, 6) is -0.520. The van der Waals surface area contributed by atoms with E-state index in [1.165, 1.54) is 75.3 Å². The van der Waals surface area contributed by atoms with Gasteiger partial charge < -0.3 is 10.2 Å². The van der Waals surface area contributed by atoms with E-state index in [-0.39, 0.29) is 0 Å². The van der Waals surface area contributed by atoms with Gasteiger partial charge in [0.05, 0.1) is 0 Å². The van der Waals surface area contributed by atoms with Crippen molar-refractivity contribution in [2.75, 3.05) is 0 Å². The monoisotopic (exact) mass is 352 g/mol. The average Bonchev–Trinajstić information content (AvgIpc) is 2.69. The van der Waals surface area contributed by atoms with Crippen molar-refractivity contribution < 1.29 is 10.2 Å². The lowest BCUT2D eigenvalue weighted by molar-refractivity contribution is -0.105. The number of hydrogen-bond acceptors (Lipinski definition) is 2. The van der Waals surface area contributed by atoms with Crippen molar-refractivity contribution in [2.45, 2.75) is 82.3 Å². The van der Waals surface area contributed by atoms with Crippen molar-refractivity contribution in [3.8, 4) is 0 Å². The molecule has 4 rings (SSSR count). The second-order valence-electron chi connectivity index (χ2n) is 8.58. The Kier molecular flexibility index (Phi) is 5.33. The highest BCUT2D eigenvalue weighted by Gasteiger charge is 2.33. The molecule has 0 aromatic heterocycles. The molecule has 1 aromatic carbocycles. The van der Waals surface area contributed by atoms with Crippen molar-refractivity contribution in [3.63, 3.8) is 0 Å². The third kappa shape index (κ3) is 3.82. The predicted molar refractivity (Wildman–Crippen MR) is 107 cm³/mol. The Labute approximate surface area is 157 Å². The summed E-state index contributed by atoms with van der Waals surface area (Å²) >= 11 is 0. The van der Waals surface area contributed by atoms with E-state index >= 15 is 0 Å². The van der Waals surface area contributed by atoms with Gasteiger partial charge >= 0.3 is 0 Å². The summed E-state index contributed by atoms with van der Waals surface area (Å²) in [4.78, 5) is 0. The van der Waals surface area contributed by atoms with Crippen LogP contribution < -0.4 is 0 Å². The van der Waals surface area contributed by atoms with Crippen LogP contribution in [0.15, 0.2) is 42.0 Å². The molecule has 3 aliphatic rings. The predicted octanol–water partition coefficient (Wildman–Crippen LogP) is 5.71. The number of aliphatic hydroxyl groups is 2. The minimum absolute atomic E-state index is 0.304. The van der Waals surface area contributed by atoms with Crippen LogP contribution in [0.2, 0.25) is 0 Å². The van der Waals surface area contributed by atoms with Gasteiger partial charge in [-0.2, -0.15) is 0 Å². The molecule has 2 heteroatoms. The average molecular weight is 353 g/mol. The van der Waals surface area contributed by atoms with E-state index in [4.69, 9.17) is 0 Å². The van der Waals surface area contributed by atoms with E-state index in [1.54, 1.807) is 0 Å². The van der Waals surface area contributed by atoms with Gasteiger partial charge in [0, 0.05) is 12.0 Å². The van der Waals surface area contributed by atoms with Crippen LogP contribution in [0.3, 0.4) is 0 Å². The fraction of sp³-hybridized carbons (Fsp3) is 0.583. The summed E-state index contributed by atoms with van der Waals surface area (Å²) in [5.41, 5.74) is 4.37. The Hall–Kier alpha value is -1.38. The second-order valence-corrected chi connectivity index (χ2v) is 8.58. The van der Waals surface area contributed by atoms with Crippen molar-refractivity contribution in [1.29, 1.82) is 0 Å². The summed E-state index contributed by atoms with van der Waals surface area (Å²) < 4.78 is 0. The highest BCUT2D eigenvalue weighted by molar-refractivity contribution is 5.75. The molecule has 2 saturated carbocycles. The molecule has 2 fully saturated rings. The molecule has 0 saturated heterocycles. The number of benzene rings is 1. The second kappa shape index (κ2) is 7.70. The van der Waals surface area contributed by atoms with Crippen molar-refractivity contribution in [1.82, 2.24) is 0 Å². The van der Waals surface area contributed by atoms with Crippen LogP contribution in [0.25, 0.3) is 5.57 Å². The highest BCUT2D eigenvalue weighted by atomic mass is 16.5. The van der Waals surface area contributed by atoms with Crippen LogP contribution in [-0.4, -0.2) is 16.0 Å². The quantitative estimate of drug-likeness (QED) is 0.684. The van der Waals surface area contributed by atoms with Gasteiger partial charge in [-0.1, -0.05) is 68.9 Å². The number of hydrogen-bond donors (Lipinski definition) is 2. The van der Waals surface area contributed by atoms with Crippen LogP contribution in [0.1, 0.15) is 87.7 Å². The maximum atomic E-state index is 10.6. The van der Waals surface area contributed by atoms with E-state index in [1.807, 2.05) is 6.07 Å². The molecule has 0 radical (unpaired) electrons. The molecule has 0 amide bonds. The highest BCUT2D eigenvalue weighted by Crippen LogP contribution is 2.41. The lowest BCUT2D eigenvalue weighted by Crippen LogP contribution is -2.32. The number of rotatable bonds is 3. The SMILES string of the molecule is OC1(O)CC=C(C2CCCCC2)C=C1c1cccc(C2CCCCC2)c1. The van der Waals surface area contributed by atoms with Crippen LogP contribution in [-0.2, 0) is 0 Å². The van der Waals surface area contributed by atoms with Crippen molar-refractivity contribution in [2.24, 2.45) is 5.92 Å². The van der Waals surface area contributed by atoms with Gasteiger partial charge in [-0.25, -0.2) is 0 Å². The maximum absolute atomic E-state index is 10.6. The normalized spacial score (nSPS) is 24.8. The molecule has 0 aliphatic heterocycles. The van der Waals surface area contributed by atoms with Gasteiger partial charge in [0.2, 0.25) is 0 Å². The lowest BCUT2D eigenvalue weighted by Gasteiger charge is -2.32. The van der Waals surface area contributed by atoms with E-state index < -0.39 is 5.79 Å². The molecule has 0 atom stereocenters. The molecule has 140 valence electrons. The number of allylic oxidation sites excluding steroid dienone is 2. The van der Waals surface area contributed by atoms with Crippen LogP contribution in [0.4, 0.5) is 0 Å². The molecule has 0 unspecified atom stereocenters. The molecule has 1 aromatic rings. The molecule has 26 heavy (non-hydrogen) atoms. The first-order chi connectivity index (χ1) is 12.6. The zero-order valence-electron chi connectivity index (χ0n) is 15.8. The van der Waals surface area contributed by atoms with E-state index in [9.17, 15) is 10.2 Å². The van der Waals surface area contributed by atoms with E-state index in [0.29, 0.717) is 23.8 Å². The standard InChI is InChI=1S/C24H32O2/c25-24(26)15-14-21(19-10-5-2-6-11-19)17-23(24)22-13-7-12-20(16-22)18-8-3-1-4-9-18/h7,12-14,16-19,25-26H,1-6,8-11,15H2. The van der Waals surface area contributed by atoms with Crippen LogP contribution in [0, 0.1) is 5.92 Å². The molecule has 0 bridgehead atoms. The fourth-order valence-corrected chi connectivity index (χ4v) is 5.14. The zero-order valence-corrected chi connectivity index (χ0v) is 15.8. The molecule has 3 aliphatic carbocycles. The lowest BCUT2D eigenvalue weighted by atomic mass is 9.77. The Bertz CT molecular complexity index is 686. The Morgan fingerprint density at radius 3 is 2.15 bits per heavy atom. The molecule has 2 N–H and O–H groups in total. The third-order valence-corrected chi connectivity index (χ3v) is 6.72. The van der Waals surface area contributed by atoms with Crippen molar-refractivity contribution >= 4 is 5.57 Å². The van der Waals surface area contributed by atoms with Crippen LogP contribution in [0.5, 0.6) is 0 Å². The van der Waals surface area contributed by atoms with Gasteiger partial charge in [-0.05, 0) is 60.3 Å². The summed E-state index contributed by atoms with van der Waals surface area (Å²) in [6.07, 6.45) is 17.4. The Morgan fingerprint density at radius 2 is 1.46 bits per heavy atom. The molecular formula is C24H32O2. The first-order valence-corrected chi connectivity index (χ1v) is 10.6. The van der Waals surface area contributed by atoms with Gasteiger partial charge in [0.1, 0.15) is 0 Å². The minimum atomic E-state index is -1.75. The van der Waals surface area contributed by atoms with Gasteiger partial charge in [0.15, 0.2) is 5.79 Å². The summed E-state index contributed by atoms with van der Waals surface area (Å²) in [7, 11) is 0. The van der Waals surface area contributed by atoms with Gasteiger partial charge in [0.25, 0.3) is 0 Å². The first-order valence-electron chi connectivity index (χ1n) is 10.6. The summed E-state index contributed by atoms with van der Waals surface area (Å²) in [6, 6.07) is 8.57. The Balaban J connectivity index is 1.63. The molecule has 0 spiro atoms. The first kappa shape index (κ1) is 18.0. The third-order valence-electron chi connectivity index (χ3n) is 6.72. The topological polar surface area (TPSA) is 40.5 Å². The fourth-order valence-electron chi connectivity index (χ4n) is 5.14.